The Balaban J connectivity index is 2.50. The molecule has 2 aromatic rings. The molecule has 1 nitrogen and oxygen atoms in total. The molecule has 2 rings (SSSR count). The summed E-state index contributed by atoms with van der Waals surface area (Å²) in [4.78, 5) is 2.69. The fraction of sp³-hybridized carbons (Fsp3) is 0.375. The van der Waals surface area contributed by atoms with E-state index in [1.807, 2.05) is 18.4 Å². The molecule has 1 atom stereocenters. The summed E-state index contributed by atoms with van der Waals surface area (Å²) in [6, 6.07) is 6.68. The van der Waals surface area contributed by atoms with Gasteiger partial charge in [0.15, 0.2) is 0 Å². The van der Waals surface area contributed by atoms with Gasteiger partial charge in [-0.25, -0.2) is 0 Å². The lowest BCUT2D eigenvalue weighted by molar-refractivity contribution is 0.703. The molecule has 1 N–H and O–H groups in total. The van der Waals surface area contributed by atoms with Gasteiger partial charge >= 0.3 is 0 Å². The van der Waals surface area contributed by atoms with E-state index in [0.29, 0.717) is 0 Å². The zero-order valence-corrected chi connectivity index (χ0v) is 13.7. The van der Waals surface area contributed by atoms with Crippen molar-refractivity contribution in [2.75, 3.05) is 7.05 Å². The van der Waals surface area contributed by atoms with E-state index < -0.39 is 0 Å². The molecule has 0 spiro atoms. The Labute approximate surface area is 124 Å². The van der Waals surface area contributed by atoms with Gasteiger partial charge < -0.3 is 5.32 Å². The molecule has 19 heavy (non-hydrogen) atoms. The van der Waals surface area contributed by atoms with E-state index in [4.69, 9.17) is 11.6 Å². The Morgan fingerprint density at radius 1 is 1.00 bits per heavy atom. The van der Waals surface area contributed by atoms with E-state index in [1.54, 1.807) is 0 Å². The van der Waals surface area contributed by atoms with Crippen LogP contribution >= 0.6 is 22.9 Å². The second kappa shape index (κ2) is 5.66. The third-order valence-corrected chi connectivity index (χ3v) is 5.23. The number of benzene rings is 1. The molecule has 0 bridgehead atoms. The maximum atomic E-state index is 6.44. The number of hydrogen-bond donors (Lipinski definition) is 1. The molecule has 1 aromatic heterocycles. The number of thiophene rings is 1. The largest absolute Gasteiger partial charge is 0.309 e. The van der Waals surface area contributed by atoms with Crippen LogP contribution in [0.4, 0.5) is 0 Å². The quantitative estimate of drug-likeness (QED) is 0.845. The third-order valence-electron chi connectivity index (χ3n) is 3.68. The van der Waals surface area contributed by atoms with Gasteiger partial charge in [0.05, 0.1) is 6.04 Å². The molecular formula is C16H20ClNS. The van der Waals surface area contributed by atoms with Crippen LogP contribution in [0.25, 0.3) is 0 Å². The van der Waals surface area contributed by atoms with E-state index in [0.717, 1.165) is 10.6 Å². The van der Waals surface area contributed by atoms with Gasteiger partial charge in [-0.2, -0.15) is 0 Å². The van der Waals surface area contributed by atoms with Gasteiger partial charge in [-0.3, -0.25) is 0 Å². The Hall–Kier alpha value is -0.830. The van der Waals surface area contributed by atoms with Crippen LogP contribution in [-0.2, 0) is 0 Å². The molecule has 0 radical (unpaired) electrons. The summed E-state index contributed by atoms with van der Waals surface area (Å²) in [5.74, 6) is 0. The first-order valence-electron chi connectivity index (χ1n) is 6.45. The van der Waals surface area contributed by atoms with Crippen molar-refractivity contribution in [1.82, 2.24) is 5.32 Å². The molecule has 3 heteroatoms. The van der Waals surface area contributed by atoms with Crippen LogP contribution in [0, 0.1) is 27.7 Å². The Morgan fingerprint density at radius 2 is 1.63 bits per heavy atom. The average Bonchev–Trinajstić information content (AvgIpc) is 2.67. The topological polar surface area (TPSA) is 12.0 Å². The highest BCUT2D eigenvalue weighted by atomic mass is 35.5. The molecular weight excluding hydrogens is 274 g/mol. The zero-order valence-electron chi connectivity index (χ0n) is 12.1. The predicted molar refractivity (Wildman–Crippen MR) is 85.6 cm³/mol. The fourth-order valence-electron chi connectivity index (χ4n) is 2.22. The maximum absolute atomic E-state index is 6.44. The van der Waals surface area contributed by atoms with E-state index >= 15 is 0 Å². The summed E-state index contributed by atoms with van der Waals surface area (Å²) in [5, 5.41) is 4.23. The Kier molecular flexibility index (Phi) is 4.34. The van der Waals surface area contributed by atoms with Gasteiger partial charge in [0.2, 0.25) is 0 Å². The van der Waals surface area contributed by atoms with Crippen LogP contribution in [0.1, 0.15) is 38.0 Å². The predicted octanol–water partition coefficient (Wildman–Crippen LogP) is 4.94. The van der Waals surface area contributed by atoms with E-state index in [9.17, 15) is 0 Å². The summed E-state index contributed by atoms with van der Waals surface area (Å²) >= 11 is 8.28. The van der Waals surface area contributed by atoms with E-state index in [2.05, 4.69) is 51.2 Å². The third kappa shape index (κ3) is 2.86. The molecule has 1 unspecified atom stereocenters. The van der Waals surface area contributed by atoms with Gasteiger partial charge in [0.1, 0.15) is 0 Å². The minimum absolute atomic E-state index is 0.171. The van der Waals surface area contributed by atoms with Crippen molar-refractivity contribution in [3.8, 4) is 0 Å². The smallest absolute Gasteiger partial charge is 0.0683 e. The van der Waals surface area contributed by atoms with Crippen molar-refractivity contribution in [1.29, 1.82) is 0 Å². The van der Waals surface area contributed by atoms with Crippen LogP contribution < -0.4 is 5.32 Å². The molecule has 0 amide bonds. The van der Waals surface area contributed by atoms with Gasteiger partial charge in [-0.1, -0.05) is 17.7 Å². The molecule has 1 aromatic carbocycles. The average molecular weight is 294 g/mol. The highest BCUT2D eigenvalue weighted by Crippen LogP contribution is 2.35. The van der Waals surface area contributed by atoms with Crippen LogP contribution in [0.2, 0.25) is 5.02 Å². The second-order valence-corrected chi connectivity index (χ2v) is 6.76. The first-order valence-corrected chi connectivity index (χ1v) is 7.64. The summed E-state index contributed by atoms with van der Waals surface area (Å²) < 4.78 is 0. The van der Waals surface area contributed by atoms with Gasteiger partial charge in [0, 0.05) is 14.8 Å². The molecule has 0 saturated heterocycles. The highest BCUT2D eigenvalue weighted by Gasteiger charge is 2.18. The standard InChI is InChI=1S/C16H20ClNS/c1-9-6-13(14(17)7-10(9)2)16(18-5)15-8-11(3)12(4)19-15/h6-8,16,18H,1-5H3. The number of hydrogen-bond acceptors (Lipinski definition) is 2. The van der Waals surface area contributed by atoms with Gasteiger partial charge in [0.25, 0.3) is 0 Å². The minimum Gasteiger partial charge on any atom is -0.309 e. The fourth-order valence-corrected chi connectivity index (χ4v) is 3.72. The maximum Gasteiger partial charge on any atom is 0.0683 e. The van der Waals surface area contributed by atoms with Crippen molar-refractivity contribution in [3.05, 3.63) is 55.2 Å². The van der Waals surface area contributed by atoms with Crippen molar-refractivity contribution < 1.29 is 0 Å². The molecule has 102 valence electrons. The first-order chi connectivity index (χ1) is 8.93. The number of aryl methyl sites for hydroxylation is 4. The minimum atomic E-state index is 0.171. The van der Waals surface area contributed by atoms with E-state index in [1.165, 1.54) is 26.4 Å². The summed E-state index contributed by atoms with van der Waals surface area (Å²) in [7, 11) is 1.99. The molecule has 1 heterocycles. The summed E-state index contributed by atoms with van der Waals surface area (Å²) in [5.41, 5.74) is 5.03. The van der Waals surface area contributed by atoms with Crippen LogP contribution in [0.3, 0.4) is 0 Å². The number of rotatable bonds is 3. The lowest BCUT2D eigenvalue weighted by Crippen LogP contribution is -2.17. The zero-order chi connectivity index (χ0) is 14.2. The monoisotopic (exact) mass is 293 g/mol. The van der Waals surface area contributed by atoms with E-state index in [-0.39, 0.29) is 6.04 Å². The van der Waals surface area contributed by atoms with Crippen molar-refractivity contribution in [3.63, 3.8) is 0 Å². The SMILES string of the molecule is CNC(c1cc(C)c(C)s1)c1cc(C)c(C)cc1Cl. The van der Waals surface area contributed by atoms with Gasteiger partial charge in [-0.05, 0) is 69.1 Å². The number of halogens is 1. The normalized spacial score (nSPS) is 12.7. The first kappa shape index (κ1) is 14.6. The number of nitrogens with one attached hydrogen (secondary N) is 1. The Bertz CT molecular complexity index is 582. The van der Waals surface area contributed by atoms with Crippen LogP contribution in [0.5, 0.6) is 0 Å². The highest BCUT2D eigenvalue weighted by molar-refractivity contribution is 7.12. The molecule has 0 aliphatic heterocycles. The molecule has 0 aliphatic carbocycles. The van der Waals surface area contributed by atoms with Gasteiger partial charge in [-0.15, -0.1) is 11.3 Å². The second-order valence-electron chi connectivity index (χ2n) is 5.07. The van der Waals surface area contributed by atoms with Crippen molar-refractivity contribution >= 4 is 22.9 Å². The molecule has 0 aliphatic rings. The van der Waals surface area contributed by atoms with Crippen LogP contribution in [-0.4, -0.2) is 7.05 Å². The van der Waals surface area contributed by atoms with Crippen molar-refractivity contribution in [2.45, 2.75) is 33.7 Å². The van der Waals surface area contributed by atoms with Crippen LogP contribution in [0.15, 0.2) is 18.2 Å². The Morgan fingerprint density at radius 3 is 2.16 bits per heavy atom. The molecule has 0 saturated carbocycles. The van der Waals surface area contributed by atoms with Crippen molar-refractivity contribution in [2.24, 2.45) is 0 Å². The summed E-state index contributed by atoms with van der Waals surface area (Å²) in [6.07, 6.45) is 0. The lowest BCUT2D eigenvalue weighted by atomic mass is 9.99. The summed E-state index contributed by atoms with van der Waals surface area (Å²) in [6.45, 7) is 8.55. The lowest BCUT2D eigenvalue weighted by Gasteiger charge is -2.18. The molecule has 0 fully saturated rings.